The summed E-state index contributed by atoms with van der Waals surface area (Å²) in [4.78, 5) is 11.6. The molecule has 0 saturated carbocycles. The molecule has 1 aliphatic heterocycles. The number of rotatable bonds is 6. The van der Waals surface area contributed by atoms with Crippen LogP contribution in [0.4, 0.5) is 24.7 Å². The van der Waals surface area contributed by atoms with E-state index in [4.69, 9.17) is 9.97 Å². The van der Waals surface area contributed by atoms with E-state index >= 15 is 0 Å². The normalized spacial score (nSPS) is 16.4. The Balaban J connectivity index is 1.32. The molecule has 0 unspecified atom stereocenters. The fraction of sp³-hybridized carbons (Fsp3) is 0.259. The summed E-state index contributed by atoms with van der Waals surface area (Å²) in [6.07, 6.45) is -4.52. The van der Waals surface area contributed by atoms with Crippen molar-refractivity contribution >= 4 is 32.4 Å². The molecule has 1 aliphatic rings. The van der Waals surface area contributed by atoms with E-state index in [-0.39, 0.29) is 24.0 Å². The first-order valence-electron chi connectivity index (χ1n) is 12.1. The molecule has 1 N–H and O–H groups in total. The first kappa shape index (κ1) is 26.1. The molecule has 38 heavy (non-hydrogen) atoms. The number of alkyl halides is 3. The quantitative estimate of drug-likeness (QED) is 0.349. The lowest BCUT2D eigenvalue weighted by molar-refractivity contribution is -0.137. The number of piperazine rings is 1. The molecular formula is C27H26F3N5O2S. The van der Waals surface area contributed by atoms with Crippen molar-refractivity contribution in [2.45, 2.75) is 24.0 Å². The van der Waals surface area contributed by atoms with E-state index in [0.29, 0.717) is 24.7 Å². The molecule has 0 radical (unpaired) electrons. The lowest BCUT2D eigenvalue weighted by atomic mass is 10.2. The van der Waals surface area contributed by atoms with E-state index in [1.54, 1.807) is 0 Å². The van der Waals surface area contributed by atoms with Crippen LogP contribution in [0.3, 0.4) is 0 Å². The van der Waals surface area contributed by atoms with Gasteiger partial charge < -0.3 is 5.32 Å². The van der Waals surface area contributed by atoms with E-state index in [0.717, 1.165) is 40.9 Å². The molecule has 4 aromatic rings. The second-order valence-corrected chi connectivity index (χ2v) is 11.0. The highest BCUT2D eigenvalue weighted by Crippen LogP contribution is 2.31. The predicted octanol–water partition coefficient (Wildman–Crippen LogP) is 5.46. The van der Waals surface area contributed by atoms with Gasteiger partial charge in [-0.25, -0.2) is 18.4 Å². The van der Waals surface area contributed by atoms with E-state index < -0.39 is 21.8 Å². The monoisotopic (exact) mass is 541 g/mol. The van der Waals surface area contributed by atoms with Crippen LogP contribution in [0, 0.1) is 0 Å². The molecular weight excluding hydrogens is 515 g/mol. The molecule has 1 saturated heterocycles. The number of hydrogen-bond acceptors (Lipinski definition) is 6. The van der Waals surface area contributed by atoms with Gasteiger partial charge in [-0.15, -0.1) is 0 Å². The fourth-order valence-electron chi connectivity index (χ4n) is 4.49. The number of hydrogen-bond donors (Lipinski definition) is 1. The van der Waals surface area contributed by atoms with Crippen molar-refractivity contribution in [1.82, 2.24) is 19.2 Å². The molecule has 0 amide bonds. The third-order valence-electron chi connectivity index (χ3n) is 6.67. The number of sulfonamides is 1. The first-order valence-corrected chi connectivity index (χ1v) is 13.6. The molecule has 5 rings (SSSR count). The van der Waals surface area contributed by atoms with Crippen LogP contribution < -0.4 is 5.32 Å². The third-order valence-corrected chi connectivity index (χ3v) is 8.58. The maximum atomic E-state index is 13.1. The summed E-state index contributed by atoms with van der Waals surface area (Å²) in [5, 5.41) is 4.26. The van der Waals surface area contributed by atoms with E-state index in [1.165, 1.54) is 4.31 Å². The molecule has 1 fully saturated rings. The minimum absolute atomic E-state index is 0.151. The zero-order valence-electron chi connectivity index (χ0n) is 20.6. The summed E-state index contributed by atoms with van der Waals surface area (Å²) in [6.45, 7) is 3.25. The number of halogens is 3. The molecule has 11 heteroatoms. The summed E-state index contributed by atoms with van der Waals surface area (Å²) in [6, 6.07) is 20.9. The number of para-hydroxylation sites is 2. The lowest BCUT2D eigenvalue weighted by Gasteiger charge is -2.37. The molecule has 7 nitrogen and oxygen atoms in total. The third kappa shape index (κ3) is 5.35. The minimum Gasteiger partial charge on any atom is -0.340 e. The van der Waals surface area contributed by atoms with Gasteiger partial charge in [-0.2, -0.15) is 17.5 Å². The highest BCUT2D eigenvalue weighted by molar-refractivity contribution is 7.89. The van der Waals surface area contributed by atoms with Gasteiger partial charge in [0, 0.05) is 37.3 Å². The molecule has 0 bridgehead atoms. The first-order chi connectivity index (χ1) is 18.1. The van der Waals surface area contributed by atoms with Crippen molar-refractivity contribution in [1.29, 1.82) is 0 Å². The van der Waals surface area contributed by atoms with Gasteiger partial charge in [0.1, 0.15) is 11.6 Å². The Kier molecular flexibility index (Phi) is 7.08. The van der Waals surface area contributed by atoms with Crippen molar-refractivity contribution in [3.63, 3.8) is 0 Å². The highest BCUT2D eigenvalue weighted by Gasteiger charge is 2.33. The van der Waals surface area contributed by atoms with Crippen LogP contribution >= 0.6 is 0 Å². The largest absolute Gasteiger partial charge is 0.416 e. The molecule has 198 valence electrons. The van der Waals surface area contributed by atoms with Gasteiger partial charge >= 0.3 is 6.18 Å². The van der Waals surface area contributed by atoms with E-state index in [9.17, 15) is 21.6 Å². The van der Waals surface area contributed by atoms with Crippen LogP contribution in [0.15, 0.2) is 83.8 Å². The summed E-state index contributed by atoms with van der Waals surface area (Å²) in [5.41, 5.74) is 0.815. The highest BCUT2D eigenvalue weighted by atomic mass is 32.2. The molecule has 3 aromatic carbocycles. The van der Waals surface area contributed by atoms with Crippen molar-refractivity contribution in [3.8, 4) is 0 Å². The van der Waals surface area contributed by atoms with E-state index in [1.807, 2.05) is 61.5 Å². The Bertz CT molecular complexity index is 1520. The van der Waals surface area contributed by atoms with Crippen molar-refractivity contribution in [3.05, 3.63) is 90.3 Å². The summed E-state index contributed by atoms with van der Waals surface area (Å²) in [5.74, 6) is 1.30. The number of nitrogens with zero attached hydrogens (tertiary/aromatic N) is 4. The Morgan fingerprint density at radius 1 is 0.842 bits per heavy atom. The van der Waals surface area contributed by atoms with E-state index in [2.05, 4.69) is 10.2 Å². The average molecular weight is 542 g/mol. The Morgan fingerprint density at radius 2 is 1.47 bits per heavy atom. The van der Waals surface area contributed by atoms with Crippen LogP contribution in [0.5, 0.6) is 0 Å². The number of fused-ring (bicyclic) bond motifs is 1. The number of nitrogens with one attached hydrogen (secondary N) is 1. The number of benzene rings is 3. The maximum Gasteiger partial charge on any atom is 0.416 e. The zero-order valence-corrected chi connectivity index (χ0v) is 21.4. The van der Waals surface area contributed by atoms with Gasteiger partial charge in [0.25, 0.3) is 0 Å². The van der Waals surface area contributed by atoms with Gasteiger partial charge in [0.2, 0.25) is 10.0 Å². The smallest absolute Gasteiger partial charge is 0.340 e. The van der Waals surface area contributed by atoms with Crippen LogP contribution in [-0.2, 0) is 16.2 Å². The summed E-state index contributed by atoms with van der Waals surface area (Å²) in [7, 11) is -3.91. The van der Waals surface area contributed by atoms with Gasteiger partial charge in [-0.3, -0.25) is 4.90 Å². The fourth-order valence-corrected chi connectivity index (χ4v) is 5.92. The van der Waals surface area contributed by atoms with Crippen LogP contribution in [0.25, 0.3) is 10.9 Å². The minimum atomic E-state index is -4.52. The Morgan fingerprint density at radius 3 is 2.13 bits per heavy atom. The van der Waals surface area contributed by atoms with Crippen LogP contribution in [-0.4, -0.2) is 53.8 Å². The molecule has 2 heterocycles. The number of aromatic nitrogens is 2. The standard InChI is InChI=1S/C27H26F3N5O2S/c1-19(25-32-24-10-6-5-9-23(24)26(33-25)31-21-7-3-2-4-8-21)34-15-17-35(18-16-34)38(36,37)22-13-11-20(12-14-22)27(28,29)30/h2-14,19H,15-18H2,1H3,(H,31,32,33)/t19-/m1/s1. The van der Waals surface area contributed by atoms with Gasteiger partial charge in [0.15, 0.2) is 0 Å². The Hall–Kier alpha value is -3.54. The van der Waals surface area contributed by atoms with Crippen LogP contribution in [0.2, 0.25) is 0 Å². The summed E-state index contributed by atoms with van der Waals surface area (Å²) >= 11 is 0. The number of anilines is 2. The SMILES string of the molecule is C[C@H](c1nc(Nc2ccccc2)c2ccccc2n1)N1CCN(S(=O)(=O)c2ccc(C(F)(F)F)cc2)CC1. The second-order valence-electron chi connectivity index (χ2n) is 9.08. The van der Waals surface area contributed by atoms with Gasteiger partial charge in [-0.1, -0.05) is 30.3 Å². The topological polar surface area (TPSA) is 78.4 Å². The second kappa shape index (κ2) is 10.3. The molecule has 0 spiro atoms. The van der Waals surface area contributed by atoms with Crippen molar-refractivity contribution in [2.24, 2.45) is 0 Å². The molecule has 1 atom stereocenters. The molecule has 1 aromatic heterocycles. The van der Waals surface area contributed by atoms with Gasteiger partial charge in [0.05, 0.1) is 22.0 Å². The van der Waals surface area contributed by atoms with Gasteiger partial charge in [-0.05, 0) is 55.5 Å². The maximum absolute atomic E-state index is 13.1. The van der Waals surface area contributed by atoms with Crippen LogP contribution in [0.1, 0.15) is 24.4 Å². The predicted molar refractivity (Wildman–Crippen MR) is 139 cm³/mol. The summed E-state index contributed by atoms with van der Waals surface area (Å²) < 4.78 is 66.0. The molecule has 0 aliphatic carbocycles. The van der Waals surface area contributed by atoms with Crippen molar-refractivity contribution in [2.75, 3.05) is 31.5 Å². The zero-order chi connectivity index (χ0) is 26.9. The Labute approximate surface area is 219 Å². The lowest BCUT2D eigenvalue weighted by Crippen LogP contribution is -2.49. The average Bonchev–Trinajstić information content (AvgIpc) is 2.93. The van der Waals surface area contributed by atoms with Crippen molar-refractivity contribution < 1.29 is 21.6 Å².